The van der Waals surface area contributed by atoms with Crippen LogP contribution in [0.25, 0.3) is 22.6 Å². The van der Waals surface area contributed by atoms with Crippen molar-refractivity contribution in [2.75, 3.05) is 0 Å². The van der Waals surface area contributed by atoms with Crippen molar-refractivity contribution in [1.82, 2.24) is 24.7 Å². The minimum Gasteiger partial charge on any atom is -0.478 e. The molecule has 0 aliphatic heterocycles. The number of rotatable bonds is 2. The molecule has 96 valence electrons. The topological polar surface area (TPSA) is 96.7 Å². The number of fused-ring (bicyclic) bond motifs is 1. The number of hydrogen-bond donors (Lipinski definition) is 2. The third kappa shape index (κ3) is 1.75. The van der Waals surface area contributed by atoms with Crippen molar-refractivity contribution >= 4 is 17.1 Å². The van der Waals surface area contributed by atoms with E-state index >= 15 is 0 Å². The van der Waals surface area contributed by atoms with Crippen LogP contribution in [0.2, 0.25) is 0 Å². The molecular weight excluding hydrogens is 246 g/mol. The number of hydrogen-bond acceptors (Lipinski definition) is 4. The summed E-state index contributed by atoms with van der Waals surface area (Å²) >= 11 is 0. The zero-order chi connectivity index (χ0) is 13.6. The minimum atomic E-state index is -1.01. The van der Waals surface area contributed by atoms with Crippen molar-refractivity contribution in [2.24, 2.45) is 7.05 Å². The van der Waals surface area contributed by atoms with Gasteiger partial charge in [0, 0.05) is 18.9 Å². The van der Waals surface area contributed by atoms with Gasteiger partial charge in [0.25, 0.3) is 0 Å². The number of aromatic amines is 1. The molecule has 7 nitrogen and oxygen atoms in total. The van der Waals surface area contributed by atoms with Gasteiger partial charge in [0.15, 0.2) is 5.65 Å². The first-order valence-electron chi connectivity index (χ1n) is 5.64. The second-order valence-corrected chi connectivity index (χ2v) is 4.25. The molecule has 0 unspecified atom stereocenters. The zero-order valence-corrected chi connectivity index (χ0v) is 10.4. The van der Waals surface area contributed by atoms with Crippen LogP contribution in [0, 0.1) is 6.92 Å². The average molecular weight is 257 g/mol. The molecule has 0 saturated carbocycles. The number of aryl methyl sites for hydroxylation is 1. The number of aromatic carboxylic acids is 1. The molecule has 19 heavy (non-hydrogen) atoms. The summed E-state index contributed by atoms with van der Waals surface area (Å²) in [4.78, 5) is 22.3. The lowest BCUT2D eigenvalue weighted by Gasteiger charge is -1.95. The van der Waals surface area contributed by atoms with Gasteiger partial charge in [-0.1, -0.05) is 0 Å². The first kappa shape index (κ1) is 11.4. The third-order valence-electron chi connectivity index (χ3n) is 3.07. The highest BCUT2D eigenvalue weighted by atomic mass is 16.4. The van der Waals surface area contributed by atoms with Crippen molar-refractivity contribution in [3.05, 3.63) is 29.7 Å². The molecule has 7 heteroatoms. The molecule has 0 fully saturated rings. The van der Waals surface area contributed by atoms with Gasteiger partial charge in [0.2, 0.25) is 0 Å². The SMILES string of the molecule is Cc1c(-c2nc3ncc(C(=O)O)cc3[nH]2)cnn1C. The number of carbonyl (C=O) groups is 1. The number of aromatic nitrogens is 5. The maximum absolute atomic E-state index is 10.9. The monoisotopic (exact) mass is 257 g/mol. The van der Waals surface area contributed by atoms with E-state index in [4.69, 9.17) is 5.11 Å². The molecule has 0 aromatic carbocycles. The van der Waals surface area contributed by atoms with Gasteiger partial charge in [-0.15, -0.1) is 0 Å². The highest BCUT2D eigenvalue weighted by Crippen LogP contribution is 2.22. The summed E-state index contributed by atoms with van der Waals surface area (Å²) in [5.41, 5.74) is 3.06. The van der Waals surface area contributed by atoms with Gasteiger partial charge in [-0.25, -0.2) is 14.8 Å². The maximum atomic E-state index is 10.9. The first-order valence-corrected chi connectivity index (χ1v) is 5.64. The number of H-pyrrole nitrogens is 1. The van der Waals surface area contributed by atoms with Gasteiger partial charge in [-0.2, -0.15) is 5.10 Å². The van der Waals surface area contributed by atoms with Crippen LogP contribution in [0.1, 0.15) is 16.1 Å². The molecule has 0 saturated heterocycles. The fraction of sp³-hybridized carbons (Fsp3) is 0.167. The summed E-state index contributed by atoms with van der Waals surface area (Å²) in [6, 6.07) is 1.52. The number of imidazole rings is 1. The lowest BCUT2D eigenvalue weighted by atomic mass is 10.2. The van der Waals surface area contributed by atoms with Gasteiger partial charge in [0.05, 0.1) is 22.8 Å². The maximum Gasteiger partial charge on any atom is 0.337 e. The second kappa shape index (κ2) is 3.91. The Kier molecular flexibility index (Phi) is 2.34. The molecule has 3 aromatic rings. The van der Waals surface area contributed by atoms with Gasteiger partial charge >= 0.3 is 5.97 Å². The van der Waals surface area contributed by atoms with Crippen molar-refractivity contribution in [2.45, 2.75) is 6.92 Å². The lowest BCUT2D eigenvalue weighted by molar-refractivity contribution is 0.0696. The summed E-state index contributed by atoms with van der Waals surface area (Å²) in [6.07, 6.45) is 3.01. The van der Waals surface area contributed by atoms with E-state index in [9.17, 15) is 4.79 Å². The van der Waals surface area contributed by atoms with Crippen molar-refractivity contribution < 1.29 is 9.90 Å². The van der Waals surface area contributed by atoms with Crippen LogP contribution < -0.4 is 0 Å². The third-order valence-corrected chi connectivity index (χ3v) is 3.07. The molecule has 3 rings (SSSR count). The van der Waals surface area contributed by atoms with Crippen LogP contribution in [-0.2, 0) is 7.05 Å². The second-order valence-electron chi connectivity index (χ2n) is 4.25. The quantitative estimate of drug-likeness (QED) is 0.722. The Balaban J connectivity index is 2.16. The van der Waals surface area contributed by atoms with E-state index in [0.717, 1.165) is 11.3 Å². The molecule has 0 atom stereocenters. The Morgan fingerprint density at radius 3 is 2.84 bits per heavy atom. The summed E-state index contributed by atoms with van der Waals surface area (Å²) in [7, 11) is 1.85. The molecule has 3 heterocycles. The van der Waals surface area contributed by atoms with Crippen LogP contribution in [-0.4, -0.2) is 35.8 Å². The van der Waals surface area contributed by atoms with E-state index in [-0.39, 0.29) is 5.56 Å². The number of carboxylic acids is 1. The fourth-order valence-electron chi connectivity index (χ4n) is 1.88. The van der Waals surface area contributed by atoms with Gasteiger partial charge in [0.1, 0.15) is 5.82 Å². The zero-order valence-electron chi connectivity index (χ0n) is 10.4. The Morgan fingerprint density at radius 1 is 1.42 bits per heavy atom. The number of pyridine rings is 1. The van der Waals surface area contributed by atoms with Crippen LogP contribution >= 0.6 is 0 Å². The summed E-state index contributed by atoms with van der Waals surface area (Å²) in [5, 5.41) is 13.1. The molecule has 2 N–H and O–H groups in total. The molecular formula is C12H11N5O2. The number of nitrogens with zero attached hydrogens (tertiary/aromatic N) is 4. The Hall–Kier alpha value is -2.70. The Labute approximate surface area is 107 Å². The molecule has 0 bridgehead atoms. The van der Waals surface area contributed by atoms with E-state index in [0.29, 0.717) is 17.0 Å². The Morgan fingerprint density at radius 2 is 2.21 bits per heavy atom. The normalized spacial score (nSPS) is 11.1. The fourth-order valence-corrected chi connectivity index (χ4v) is 1.88. The molecule has 0 spiro atoms. The highest BCUT2D eigenvalue weighted by Gasteiger charge is 2.13. The van der Waals surface area contributed by atoms with Crippen LogP contribution in [0.5, 0.6) is 0 Å². The predicted octanol–water partition coefficient (Wildman–Crippen LogP) is 1.37. The highest BCUT2D eigenvalue weighted by molar-refractivity contribution is 5.91. The molecule has 0 radical (unpaired) electrons. The van der Waals surface area contributed by atoms with Crippen LogP contribution in [0.4, 0.5) is 0 Å². The van der Waals surface area contributed by atoms with E-state index in [1.54, 1.807) is 10.9 Å². The van der Waals surface area contributed by atoms with E-state index < -0.39 is 5.97 Å². The summed E-state index contributed by atoms with van der Waals surface area (Å²) in [5.74, 6) is -0.376. The molecule has 0 aliphatic carbocycles. The van der Waals surface area contributed by atoms with Crippen LogP contribution in [0.3, 0.4) is 0 Å². The van der Waals surface area contributed by atoms with E-state index in [1.807, 2.05) is 14.0 Å². The first-order chi connectivity index (χ1) is 9.06. The van der Waals surface area contributed by atoms with Gasteiger partial charge in [-0.3, -0.25) is 4.68 Å². The smallest absolute Gasteiger partial charge is 0.337 e. The van der Waals surface area contributed by atoms with Crippen molar-refractivity contribution in [3.63, 3.8) is 0 Å². The molecule has 3 aromatic heterocycles. The summed E-state index contributed by atoms with van der Waals surface area (Å²) in [6.45, 7) is 1.94. The van der Waals surface area contributed by atoms with E-state index in [1.165, 1.54) is 12.3 Å². The molecule has 0 aliphatic rings. The average Bonchev–Trinajstić information content (AvgIpc) is 2.93. The number of nitrogens with one attached hydrogen (secondary N) is 1. The van der Waals surface area contributed by atoms with Gasteiger partial charge in [-0.05, 0) is 13.0 Å². The van der Waals surface area contributed by atoms with Crippen LogP contribution in [0.15, 0.2) is 18.5 Å². The minimum absolute atomic E-state index is 0.130. The largest absolute Gasteiger partial charge is 0.478 e. The van der Waals surface area contributed by atoms with E-state index in [2.05, 4.69) is 20.1 Å². The standard InChI is InChI=1S/C12H11N5O2/c1-6-8(5-14-17(6)2)10-15-9-3-7(12(18)19)4-13-11(9)16-10/h3-5H,1-2H3,(H,18,19)(H,13,15,16). The van der Waals surface area contributed by atoms with Crippen molar-refractivity contribution in [1.29, 1.82) is 0 Å². The summed E-state index contributed by atoms with van der Waals surface area (Å²) < 4.78 is 1.75. The Bertz CT molecular complexity index is 787. The van der Waals surface area contributed by atoms with Crippen molar-refractivity contribution in [3.8, 4) is 11.4 Å². The predicted molar refractivity (Wildman–Crippen MR) is 67.8 cm³/mol. The lowest BCUT2D eigenvalue weighted by Crippen LogP contribution is -1.96. The van der Waals surface area contributed by atoms with Gasteiger partial charge < -0.3 is 10.1 Å². The number of carboxylic acid groups (broad SMARTS) is 1. The molecule has 0 amide bonds.